The molecule has 19 heavy (non-hydrogen) atoms. The van der Waals surface area contributed by atoms with E-state index >= 15 is 0 Å². The number of para-hydroxylation sites is 1. The number of unbranched alkanes of at least 4 members (excludes halogenated alkanes) is 3. The van der Waals surface area contributed by atoms with Gasteiger partial charge in [0.15, 0.2) is 0 Å². The summed E-state index contributed by atoms with van der Waals surface area (Å²) >= 11 is 0. The lowest BCUT2D eigenvalue weighted by Crippen LogP contribution is -2.16. The first-order valence-electron chi connectivity index (χ1n) is 7.20. The summed E-state index contributed by atoms with van der Waals surface area (Å²) in [5, 5.41) is 7.83. The summed E-state index contributed by atoms with van der Waals surface area (Å²) in [6.45, 7) is 4.24. The van der Waals surface area contributed by atoms with Crippen LogP contribution in [0.4, 0.5) is 0 Å². The molecule has 0 aliphatic carbocycles. The van der Waals surface area contributed by atoms with Gasteiger partial charge in [0, 0.05) is 18.9 Å². The molecule has 0 bridgehead atoms. The molecule has 0 aliphatic rings. The van der Waals surface area contributed by atoms with Gasteiger partial charge in [-0.15, -0.1) is 0 Å². The van der Waals surface area contributed by atoms with E-state index in [9.17, 15) is 0 Å². The minimum Gasteiger partial charge on any atom is -0.313 e. The van der Waals surface area contributed by atoms with E-state index in [1.807, 2.05) is 23.1 Å². The zero-order chi connectivity index (χ0) is 13.3. The molecule has 0 saturated heterocycles. The van der Waals surface area contributed by atoms with Crippen LogP contribution in [0, 0.1) is 0 Å². The third-order valence-electron chi connectivity index (χ3n) is 3.27. The molecule has 3 heteroatoms. The maximum Gasteiger partial charge on any atom is 0.0690 e. The summed E-state index contributed by atoms with van der Waals surface area (Å²) in [6.07, 6.45) is 9.02. The molecule has 0 spiro atoms. The monoisotopic (exact) mass is 257 g/mol. The summed E-state index contributed by atoms with van der Waals surface area (Å²) in [7, 11) is 0. The Hall–Kier alpha value is -1.61. The number of hydrogen-bond donors (Lipinski definition) is 1. The maximum absolute atomic E-state index is 4.30. The molecule has 0 amide bonds. The van der Waals surface area contributed by atoms with Crippen molar-refractivity contribution in [3.05, 3.63) is 48.3 Å². The van der Waals surface area contributed by atoms with Crippen LogP contribution in [0.1, 0.15) is 38.2 Å². The van der Waals surface area contributed by atoms with E-state index in [0.29, 0.717) is 0 Å². The van der Waals surface area contributed by atoms with Crippen molar-refractivity contribution < 1.29 is 0 Å². The van der Waals surface area contributed by atoms with Crippen molar-refractivity contribution in [1.82, 2.24) is 15.1 Å². The summed E-state index contributed by atoms with van der Waals surface area (Å²) in [4.78, 5) is 0. The summed E-state index contributed by atoms with van der Waals surface area (Å²) < 4.78 is 1.92. The molecule has 1 aromatic heterocycles. The number of benzene rings is 1. The normalized spacial score (nSPS) is 10.8. The van der Waals surface area contributed by atoms with Gasteiger partial charge in [-0.05, 0) is 30.7 Å². The van der Waals surface area contributed by atoms with Gasteiger partial charge < -0.3 is 5.32 Å². The van der Waals surface area contributed by atoms with Crippen molar-refractivity contribution in [2.75, 3.05) is 6.54 Å². The molecule has 2 rings (SSSR count). The Kier molecular flexibility index (Phi) is 5.63. The van der Waals surface area contributed by atoms with Gasteiger partial charge in [-0.1, -0.05) is 44.4 Å². The van der Waals surface area contributed by atoms with Crippen LogP contribution in [-0.2, 0) is 6.54 Å². The number of nitrogens with one attached hydrogen (secondary N) is 1. The highest BCUT2D eigenvalue weighted by atomic mass is 15.3. The lowest BCUT2D eigenvalue weighted by Gasteiger charge is -2.10. The van der Waals surface area contributed by atoms with Crippen molar-refractivity contribution in [2.45, 2.75) is 39.2 Å². The first-order valence-corrected chi connectivity index (χ1v) is 7.20. The van der Waals surface area contributed by atoms with E-state index in [4.69, 9.17) is 0 Å². The lowest BCUT2D eigenvalue weighted by atomic mass is 10.1. The zero-order valence-corrected chi connectivity index (χ0v) is 11.7. The first kappa shape index (κ1) is 13.8. The predicted octanol–water partition coefficient (Wildman–Crippen LogP) is 3.54. The smallest absolute Gasteiger partial charge is 0.0690 e. The molecule has 1 N–H and O–H groups in total. The van der Waals surface area contributed by atoms with Gasteiger partial charge in [-0.25, -0.2) is 4.68 Å². The predicted molar refractivity (Wildman–Crippen MR) is 79.4 cm³/mol. The second-order valence-electron chi connectivity index (χ2n) is 4.82. The highest BCUT2D eigenvalue weighted by Gasteiger charge is 2.03. The molecule has 102 valence electrons. The minimum atomic E-state index is 0.905. The van der Waals surface area contributed by atoms with Crippen molar-refractivity contribution in [1.29, 1.82) is 0 Å². The standard InChI is InChI=1S/C16H23N3/c1-2-3-4-7-11-17-14-15-9-5-6-10-16(15)19-13-8-12-18-19/h5-6,8-10,12-13,17H,2-4,7,11,14H2,1H3. The van der Waals surface area contributed by atoms with Crippen molar-refractivity contribution in [2.24, 2.45) is 0 Å². The van der Waals surface area contributed by atoms with Gasteiger partial charge in [0.2, 0.25) is 0 Å². The summed E-state index contributed by atoms with van der Waals surface area (Å²) in [5.74, 6) is 0. The molecule has 0 atom stereocenters. The van der Waals surface area contributed by atoms with Crippen molar-refractivity contribution >= 4 is 0 Å². The van der Waals surface area contributed by atoms with Gasteiger partial charge >= 0.3 is 0 Å². The Balaban J connectivity index is 1.87. The fraction of sp³-hybridized carbons (Fsp3) is 0.438. The third kappa shape index (κ3) is 4.21. The average Bonchev–Trinajstić information content (AvgIpc) is 2.97. The quantitative estimate of drug-likeness (QED) is 0.733. The molecule has 1 aromatic carbocycles. The number of hydrogen-bond acceptors (Lipinski definition) is 2. The SMILES string of the molecule is CCCCCCNCc1ccccc1-n1cccn1. The van der Waals surface area contributed by atoms with Crippen LogP contribution < -0.4 is 5.32 Å². The first-order chi connectivity index (χ1) is 9.42. The van der Waals surface area contributed by atoms with E-state index in [0.717, 1.165) is 18.8 Å². The van der Waals surface area contributed by atoms with Crippen LogP contribution in [0.2, 0.25) is 0 Å². The van der Waals surface area contributed by atoms with Crippen molar-refractivity contribution in [3.8, 4) is 5.69 Å². The molecule has 0 aliphatic heterocycles. The molecule has 0 unspecified atom stereocenters. The van der Waals surface area contributed by atoms with E-state index in [2.05, 4.69) is 41.6 Å². The molecule has 1 heterocycles. The fourth-order valence-corrected chi connectivity index (χ4v) is 2.19. The molecule has 3 nitrogen and oxygen atoms in total. The van der Waals surface area contributed by atoms with Gasteiger partial charge in [0.25, 0.3) is 0 Å². The molecule has 0 saturated carbocycles. The second kappa shape index (κ2) is 7.74. The topological polar surface area (TPSA) is 29.9 Å². The minimum absolute atomic E-state index is 0.905. The summed E-state index contributed by atoms with van der Waals surface area (Å²) in [6, 6.07) is 10.4. The second-order valence-corrected chi connectivity index (χ2v) is 4.82. The molecular weight excluding hydrogens is 234 g/mol. The van der Waals surface area contributed by atoms with Crippen molar-refractivity contribution in [3.63, 3.8) is 0 Å². The van der Waals surface area contributed by atoms with E-state index < -0.39 is 0 Å². The third-order valence-corrected chi connectivity index (χ3v) is 3.27. The molecule has 0 radical (unpaired) electrons. The van der Waals surface area contributed by atoms with E-state index in [1.54, 1.807) is 0 Å². The zero-order valence-electron chi connectivity index (χ0n) is 11.7. The van der Waals surface area contributed by atoms with E-state index in [-0.39, 0.29) is 0 Å². The average molecular weight is 257 g/mol. The van der Waals surface area contributed by atoms with Crippen LogP contribution in [0.25, 0.3) is 5.69 Å². The fourth-order valence-electron chi connectivity index (χ4n) is 2.19. The van der Waals surface area contributed by atoms with Crippen LogP contribution in [0.3, 0.4) is 0 Å². The van der Waals surface area contributed by atoms with Gasteiger partial charge in [0.05, 0.1) is 5.69 Å². The lowest BCUT2D eigenvalue weighted by molar-refractivity contribution is 0.596. The Morgan fingerprint density at radius 3 is 2.79 bits per heavy atom. The molecular formula is C16H23N3. The Morgan fingerprint density at radius 1 is 1.11 bits per heavy atom. The molecule has 2 aromatic rings. The number of nitrogens with zero attached hydrogens (tertiary/aromatic N) is 2. The van der Waals surface area contributed by atoms with Gasteiger partial charge in [0.1, 0.15) is 0 Å². The Labute approximate surface area is 115 Å². The van der Waals surface area contributed by atoms with Crippen LogP contribution in [0.15, 0.2) is 42.7 Å². The number of rotatable bonds is 8. The largest absolute Gasteiger partial charge is 0.313 e. The Bertz CT molecular complexity index is 463. The van der Waals surface area contributed by atoms with E-state index in [1.165, 1.54) is 31.2 Å². The van der Waals surface area contributed by atoms with Crippen LogP contribution in [0.5, 0.6) is 0 Å². The molecule has 0 fully saturated rings. The van der Waals surface area contributed by atoms with Gasteiger partial charge in [-0.3, -0.25) is 0 Å². The summed E-state index contributed by atoms with van der Waals surface area (Å²) in [5.41, 5.74) is 2.45. The van der Waals surface area contributed by atoms with Crippen LogP contribution >= 0.6 is 0 Å². The Morgan fingerprint density at radius 2 is 2.00 bits per heavy atom. The number of aromatic nitrogens is 2. The maximum atomic E-state index is 4.30. The highest BCUT2D eigenvalue weighted by molar-refractivity contribution is 5.40. The highest BCUT2D eigenvalue weighted by Crippen LogP contribution is 2.13. The van der Waals surface area contributed by atoms with Gasteiger partial charge in [-0.2, -0.15) is 5.10 Å². The van der Waals surface area contributed by atoms with Crippen LogP contribution in [-0.4, -0.2) is 16.3 Å².